The molecule has 0 unspecified atom stereocenters. The fraction of sp³-hybridized carbons (Fsp3) is 0.333. The molecule has 0 saturated carbocycles. The predicted molar refractivity (Wildman–Crippen MR) is 53.1 cm³/mol. The van der Waals surface area contributed by atoms with Gasteiger partial charge in [-0.1, -0.05) is 17.7 Å². The Bertz CT molecular complexity index is 199. The molecule has 0 radical (unpaired) electrons. The van der Waals surface area contributed by atoms with Crippen LogP contribution in [0.5, 0.6) is 0 Å². The van der Waals surface area contributed by atoms with Gasteiger partial charge in [0.1, 0.15) is 0 Å². The highest BCUT2D eigenvalue weighted by Crippen LogP contribution is 2.14. The van der Waals surface area contributed by atoms with E-state index >= 15 is 0 Å². The fourth-order valence-electron chi connectivity index (χ4n) is 0.742. The third-order valence-corrected chi connectivity index (χ3v) is 1.95. The number of rotatable bonds is 1. The van der Waals surface area contributed by atoms with E-state index in [2.05, 4.69) is 43.2 Å². The number of hydrogen-bond acceptors (Lipinski definition) is 2. The van der Waals surface area contributed by atoms with Crippen LogP contribution in [0.15, 0.2) is 29.2 Å². The largest absolute Gasteiger partial charge is 0.333 e. The summed E-state index contributed by atoms with van der Waals surface area (Å²) in [6, 6.07) is 8.50. The monoisotopic (exact) mass is 169 g/mol. The van der Waals surface area contributed by atoms with E-state index in [1.807, 2.05) is 0 Å². The first-order valence-electron chi connectivity index (χ1n) is 3.51. The molecule has 0 atom stereocenters. The maximum absolute atomic E-state index is 4.50. The van der Waals surface area contributed by atoms with Crippen LogP contribution in [-0.4, -0.2) is 13.3 Å². The zero-order chi connectivity index (χ0) is 8.69. The van der Waals surface area contributed by atoms with Crippen molar-refractivity contribution in [3.8, 4) is 0 Å². The number of aryl methyl sites for hydroxylation is 1. The van der Waals surface area contributed by atoms with Gasteiger partial charge in [0.2, 0.25) is 0 Å². The molecule has 0 bridgehead atoms. The number of hydrogen-bond donors (Lipinski definition) is 1. The molecule has 0 aliphatic heterocycles. The van der Waals surface area contributed by atoms with Gasteiger partial charge in [0.15, 0.2) is 0 Å². The molecular weight excluding hydrogens is 154 g/mol. The first-order valence-corrected chi connectivity index (χ1v) is 4.74. The Kier molecular flexibility index (Phi) is 5.99. The zero-order valence-corrected chi connectivity index (χ0v) is 8.11. The van der Waals surface area contributed by atoms with E-state index in [4.69, 9.17) is 0 Å². The lowest BCUT2D eigenvalue weighted by Crippen LogP contribution is -1.71. The Balaban J connectivity index is 0.000000461. The average Bonchev–Trinajstić information content (AvgIpc) is 2.08. The molecule has 1 aromatic rings. The van der Waals surface area contributed by atoms with Gasteiger partial charge in [-0.15, -0.1) is 11.8 Å². The topological polar surface area (TPSA) is 26.0 Å². The summed E-state index contributed by atoms with van der Waals surface area (Å²) >= 11 is 1.78. The minimum atomic E-state index is 1.34. The highest BCUT2D eigenvalue weighted by Gasteiger charge is 1.86. The second-order valence-electron chi connectivity index (χ2n) is 2.02. The Morgan fingerprint density at radius 2 is 1.91 bits per heavy atom. The molecule has 0 fully saturated rings. The molecule has 1 aromatic carbocycles. The van der Waals surface area contributed by atoms with Crippen LogP contribution < -0.4 is 5.73 Å². The molecule has 62 valence electrons. The first-order chi connectivity index (χ1) is 5.33. The summed E-state index contributed by atoms with van der Waals surface area (Å²) < 4.78 is 0. The van der Waals surface area contributed by atoms with Crippen LogP contribution in [-0.2, 0) is 0 Å². The average molecular weight is 169 g/mol. The standard InChI is InChI=1S/C8H10S.CH5N/c1-7-4-3-5-8(6-7)9-2;1-2/h3-6H,1-2H3;2H2,1H3. The summed E-state index contributed by atoms with van der Waals surface area (Å²) in [5, 5.41) is 0. The van der Waals surface area contributed by atoms with Crippen molar-refractivity contribution in [1.82, 2.24) is 0 Å². The van der Waals surface area contributed by atoms with Crippen LogP contribution >= 0.6 is 11.8 Å². The van der Waals surface area contributed by atoms with Crippen molar-refractivity contribution < 1.29 is 0 Å². The van der Waals surface area contributed by atoms with Crippen LogP contribution in [0, 0.1) is 6.92 Å². The van der Waals surface area contributed by atoms with E-state index < -0.39 is 0 Å². The Morgan fingerprint density at radius 1 is 1.27 bits per heavy atom. The van der Waals surface area contributed by atoms with Gasteiger partial charge in [0, 0.05) is 4.90 Å². The molecule has 0 aliphatic rings. The van der Waals surface area contributed by atoms with Gasteiger partial charge in [0.25, 0.3) is 0 Å². The number of thioether (sulfide) groups is 1. The van der Waals surface area contributed by atoms with Crippen molar-refractivity contribution in [2.75, 3.05) is 13.3 Å². The van der Waals surface area contributed by atoms with Crippen molar-refractivity contribution in [2.24, 2.45) is 5.73 Å². The second-order valence-corrected chi connectivity index (χ2v) is 2.90. The van der Waals surface area contributed by atoms with E-state index in [0.717, 1.165) is 0 Å². The third kappa shape index (κ3) is 4.06. The van der Waals surface area contributed by atoms with Crippen molar-refractivity contribution >= 4 is 11.8 Å². The maximum Gasteiger partial charge on any atom is 0.00717 e. The van der Waals surface area contributed by atoms with Crippen molar-refractivity contribution in [2.45, 2.75) is 11.8 Å². The first kappa shape index (κ1) is 10.5. The van der Waals surface area contributed by atoms with Crippen molar-refractivity contribution in [3.63, 3.8) is 0 Å². The fourth-order valence-corrected chi connectivity index (χ4v) is 1.26. The Morgan fingerprint density at radius 3 is 2.27 bits per heavy atom. The third-order valence-electron chi connectivity index (χ3n) is 1.23. The number of benzene rings is 1. The van der Waals surface area contributed by atoms with Crippen LogP contribution in [0.25, 0.3) is 0 Å². The second kappa shape index (κ2) is 6.25. The van der Waals surface area contributed by atoms with E-state index in [-0.39, 0.29) is 0 Å². The molecule has 0 heterocycles. The van der Waals surface area contributed by atoms with Crippen molar-refractivity contribution in [1.29, 1.82) is 0 Å². The lowest BCUT2D eigenvalue weighted by Gasteiger charge is -1.94. The normalized spacial score (nSPS) is 8.36. The van der Waals surface area contributed by atoms with Gasteiger partial charge in [-0.3, -0.25) is 0 Å². The van der Waals surface area contributed by atoms with Crippen LogP contribution in [0.3, 0.4) is 0 Å². The van der Waals surface area contributed by atoms with Gasteiger partial charge < -0.3 is 5.73 Å². The molecule has 0 saturated heterocycles. The minimum absolute atomic E-state index is 1.34. The molecular formula is C9H15NS. The van der Waals surface area contributed by atoms with E-state index in [0.29, 0.717) is 0 Å². The summed E-state index contributed by atoms with van der Waals surface area (Å²) in [7, 11) is 1.50. The molecule has 2 heteroatoms. The van der Waals surface area contributed by atoms with Gasteiger partial charge in [-0.25, -0.2) is 0 Å². The highest BCUT2D eigenvalue weighted by atomic mass is 32.2. The number of nitrogens with two attached hydrogens (primary N) is 1. The van der Waals surface area contributed by atoms with Gasteiger partial charge in [0.05, 0.1) is 0 Å². The summed E-state index contributed by atoms with van der Waals surface area (Å²) in [6.45, 7) is 2.11. The summed E-state index contributed by atoms with van der Waals surface area (Å²) in [4.78, 5) is 1.34. The Labute approximate surface area is 73.0 Å². The minimum Gasteiger partial charge on any atom is -0.333 e. The van der Waals surface area contributed by atoms with Gasteiger partial charge in [-0.2, -0.15) is 0 Å². The van der Waals surface area contributed by atoms with Gasteiger partial charge >= 0.3 is 0 Å². The molecule has 0 aliphatic carbocycles. The highest BCUT2D eigenvalue weighted by molar-refractivity contribution is 7.98. The quantitative estimate of drug-likeness (QED) is 0.653. The SMILES string of the molecule is CN.CSc1cccc(C)c1. The molecule has 2 N–H and O–H groups in total. The molecule has 1 rings (SSSR count). The van der Waals surface area contributed by atoms with E-state index in [9.17, 15) is 0 Å². The van der Waals surface area contributed by atoms with Crippen LogP contribution in [0.1, 0.15) is 5.56 Å². The molecule has 11 heavy (non-hydrogen) atoms. The van der Waals surface area contributed by atoms with E-state index in [1.165, 1.54) is 17.5 Å². The van der Waals surface area contributed by atoms with Crippen LogP contribution in [0.4, 0.5) is 0 Å². The molecule has 1 nitrogen and oxygen atoms in total. The summed E-state index contributed by atoms with van der Waals surface area (Å²) in [5.41, 5.74) is 5.84. The van der Waals surface area contributed by atoms with Crippen molar-refractivity contribution in [3.05, 3.63) is 29.8 Å². The lowest BCUT2D eigenvalue weighted by molar-refractivity contribution is 1.36. The summed E-state index contributed by atoms with van der Waals surface area (Å²) in [5.74, 6) is 0. The predicted octanol–water partition coefficient (Wildman–Crippen LogP) is 2.29. The maximum atomic E-state index is 4.50. The zero-order valence-electron chi connectivity index (χ0n) is 7.29. The summed E-state index contributed by atoms with van der Waals surface area (Å²) in [6.07, 6.45) is 2.09. The van der Waals surface area contributed by atoms with Crippen LogP contribution in [0.2, 0.25) is 0 Å². The molecule has 0 aromatic heterocycles. The van der Waals surface area contributed by atoms with E-state index in [1.54, 1.807) is 11.8 Å². The lowest BCUT2D eigenvalue weighted by atomic mass is 10.2. The molecule has 0 spiro atoms. The Hall–Kier alpha value is -0.470. The van der Waals surface area contributed by atoms with Gasteiger partial charge in [-0.05, 0) is 32.4 Å². The molecule has 0 amide bonds. The smallest absolute Gasteiger partial charge is 0.00717 e.